The van der Waals surface area contributed by atoms with Crippen LogP contribution in [0.2, 0.25) is 0 Å². The lowest BCUT2D eigenvalue weighted by molar-refractivity contribution is -0.0579. The molecule has 3 rings (SSSR count). The maximum atomic E-state index is 12.7. The first-order valence-electron chi connectivity index (χ1n) is 8.15. The monoisotopic (exact) mass is 364 g/mol. The van der Waals surface area contributed by atoms with Crippen LogP contribution in [0.3, 0.4) is 0 Å². The molecule has 26 heavy (non-hydrogen) atoms. The molecule has 0 aliphatic carbocycles. The van der Waals surface area contributed by atoms with Crippen LogP contribution >= 0.6 is 0 Å². The Morgan fingerprint density at radius 3 is 2.69 bits per heavy atom. The molecule has 2 heterocycles. The molecule has 0 amide bonds. The highest BCUT2D eigenvalue weighted by Crippen LogP contribution is 2.28. The summed E-state index contributed by atoms with van der Waals surface area (Å²) in [6.07, 6.45) is 0.587. The Hall–Kier alpha value is -2.68. The highest BCUT2D eigenvalue weighted by molar-refractivity contribution is 6.00. The van der Waals surface area contributed by atoms with Gasteiger partial charge in [-0.05, 0) is 49.7 Å². The number of aliphatic imine (C=N–C) groups is 1. The van der Waals surface area contributed by atoms with Crippen LogP contribution in [0.5, 0.6) is 0 Å². The van der Waals surface area contributed by atoms with Gasteiger partial charge in [-0.15, -0.1) is 5.10 Å². The summed E-state index contributed by atoms with van der Waals surface area (Å²) < 4.78 is 39.8. The fraction of sp³-hybridized carbons (Fsp3) is 0.353. The predicted octanol–water partition coefficient (Wildman–Crippen LogP) is 2.90. The Balaban J connectivity index is 1.82. The quantitative estimate of drug-likeness (QED) is 0.885. The highest BCUT2D eigenvalue weighted by Gasteiger charge is 2.34. The third-order valence-corrected chi connectivity index (χ3v) is 3.92. The van der Waals surface area contributed by atoms with E-state index in [1.807, 2.05) is 31.3 Å². The lowest BCUT2D eigenvalue weighted by Gasteiger charge is -2.23. The number of hydrogen-bond acceptors (Lipinski definition) is 5. The van der Waals surface area contributed by atoms with Crippen LogP contribution in [-0.4, -0.2) is 40.1 Å². The van der Waals surface area contributed by atoms with Crippen molar-refractivity contribution in [1.82, 2.24) is 15.0 Å². The van der Waals surface area contributed by atoms with Gasteiger partial charge in [0.1, 0.15) is 18.1 Å². The molecule has 0 saturated heterocycles. The fourth-order valence-electron chi connectivity index (χ4n) is 2.63. The van der Waals surface area contributed by atoms with Crippen LogP contribution in [0, 0.1) is 6.92 Å². The number of nitrogens with zero attached hydrogens (tertiary/aromatic N) is 5. The second-order valence-corrected chi connectivity index (χ2v) is 6.03. The second-order valence-electron chi connectivity index (χ2n) is 6.03. The summed E-state index contributed by atoms with van der Waals surface area (Å²) in [6.45, 7) is 3.10. The van der Waals surface area contributed by atoms with Gasteiger partial charge in [-0.3, -0.25) is 9.67 Å². The average molecular weight is 364 g/mol. The van der Waals surface area contributed by atoms with Crippen molar-refractivity contribution in [3.63, 3.8) is 0 Å². The molecule has 6 nitrogen and oxygen atoms in total. The topological polar surface area (TPSA) is 72.3 Å². The average Bonchev–Trinajstić information content (AvgIpc) is 3.08. The summed E-state index contributed by atoms with van der Waals surface area (Å²) in [6, 6.07) is 5.71. The first-order valence-corrected chi connectivity index (χ1v) is 8.15. The highest BCUT2D eigenvalue weighted by atomic mass is 19.4. The maximum absolute atomic E-state index is 12.7. The van der Waals surface area contributed by atoms with E-state index >= 15 is 0 Å². The van der Waals surface area contributed by atoms with E-state index in [1.165, 1.54) is 6.20 Å². The number of nitrogens with two attached hydrogens (primary N) is 1. The van der Waals surface area contributed by atoms with E-state index in [2.05, 4.69) is 15.3 Å². The number of alkyl halides is 3. The molecular weight excluding hydrogens is 345 g/mol. The lowest BCUT2D eigenvalue weighted by atomic mass is 10.1. The number of halogens is 3. The number of rotatable bonds is 5. The van der Waals surface area contributed by atoms with Crippen molar-refractivity contribution in [3.8, 4) is 11.3 Å². The van der Waals surface area contributed by atoms with E-state index in [9.17, 15) is 13.2 Å². The van der Waals surface area contributed by atoms with Gasteiger partial charge in [0.15, 0.2) is 0 Å². The summed E-state index contributed by atoms with van der Waals surface area (Å²) >= 11 is 0. The van der Waals surface area contributed by atoms with Crippen LogP contribution < -0.4 is 10.6 Å². The minimum absolute atomic E-state index is 0.0859. The SMILES string of the molecule is Cc1cc(-c2cn(CCCN)nn2)cc(N2C=CC(C(F)(F)F)=NC2)c1. The molecule has 0 fully saturated rings. The summed E-state index contributed by atoms with van der Waals surface area (Å²) in [5, 5.41) is 8.25. The Morgan fingerprint density at radius 1 is 1.23 bits per heavy atom. The standard InChI is InChI=1S/C17H19F3N6/c1-12-7-13(15-10-26(24-23-15)5-2-4-21)9-14(8-12)25-6-3-16(22-11-25)17(18,19)20/h3,6-10H,2,4-5,11,21H2,1H3. The number of anilines is 1. The summed E-state index contributed by atoms with van der Waals surface area (Å²) in [5.41, 5.74) is 7.89. The van der Waals surface area contributed by atoms with Crippen LogP contribution in [0.4, 0.5) is 18.9 Å². The van der Waals surface area contributed by atoms with Crippen molar-refractivity contribution >= 4 is 11.4 Å². The van der Waals surface area contributed by atoms with Gasteiger partial charge in [0.25, 0.3) is 0 Å². The molecule has 1 aromatic heterocycles. The van der Waals surface area contributed by atoms with E-state index in [4.69, 9.17) is 5.73 Å². The second kappa shape index (κ2) is 7.28. The molecule has 2 aromatic rings. The zero-order valence-electron chi connectivity index (χ0n) is 14.2. The zero-order chi connectivity index (χ0) is 18.7. The zero-order valence-corrected chi connectivity index (χ0v) is 14.2. The van der Waals surface area contributed by atoms with E-state index < -0.39 is 11.9 Å². The van der Waals surface area contributed by atoms with Crippen molar-refractivity contribution in [3.05, 3.63) is 42.2 Å². The maximum Gasteiger partial charge on any atom is 0.433 e. The molecule has 1 aromatic carbocycles. The molecule has 2 N–H and O–H groups in total. The van der Waals surface area contributed by atoms with Gasteiger partial charge in [0.05, 0.1) is 6.20 Å². The molecule has 0 unspecified atom stereocenters. The molecule has 0 spiro atoms. The predicted molar refractivity (Wildman–Crippen MR) is 93.8 cm³/mol. The molecule has 9 heteroatoms. The van der Waals surface area contributed by atoms with Crippen molar-refractivity contribution < 1.29 is 13.2 Å². The first-order chi connectivity index (χ1) is 12.4. The minimum atomic E-state index is -4.43. The Morgan fingerprint density at radius 2 is 2.04 bits per heavy atom. The number of aromatic nitrogens is 3. The van der Waals surface area contributed by atoms with Gasteiger partial charge in [-0.25, -0.2) is 0 Å². The summed E-state index contributed by atoms with van der Waals surface area (Å²) in [7, 11) is 0. The Labute approximate surface area is 148 Å². The van der Waals surface area contributed by atoms with Crippen molar-refractivity contribution in [2.45, 2.75) is 26.1 Å². The van der Waals surface area contributed by atoms with Crippen LogP contribution in [0.1, 0.15) is 12.0 Å². The molecule has 0 atom stereocenters. The Bertz CT molecular complexity index is 837. The third-order valence-electron chi connectivity index (χ3n) is 3.92. The number of aryl methyl sites for hydroxylation is 2. The van der Waals surface area contributed by atoms with E-state index in [1.54, 1.807) is 9.58 Å². The number of benzene rings is 1. The Kier molecular flexibility index (Phi) is 5.08. The van der Waals surface area contributed by atoms with E-state index in [-0.39, 0.29) is 6.67 Å². The normalized spacial score (nSPS) is 14.7. The van der Waals surface area contributed by atoms with Crippen LogP contribution in [-0.2, 0) is 6.54 Å². The van der Waals surface area contributed by atoms with Crippen molar-refractivity contribution in [1.29, 1.82) is 0 Å². The minimum Gasteiger partial charge on any atom is -0.330 e. The van der Waals surface area contributed by atoms with Crippen LogP contribution in [0.15, 0.2) is 41.7 Å². The van der Waals surface area contributed by atoms with Gasteiger partial charge >= 0.3 is 6.18 Å². The van der Waals surface area contributed by atoms with Gasteiger partial charge < -0.3 is 10.6 Å². The summed E-state index contributed by atoms with van der Waals surface area (Å²) in [4.78, 5) is 5.27. The molecule has 1 aliphatic heterocycles. The lowest BCUT2D eigenvalue weighted by Crippen LogP contribution is -2.29. The van der Waals surface area contributed by atoms with Crippen molar-refractivity contribution in [2.75, 3.05) is 18.1 Å². The fourth-order valence-corrected chi connectivity index (χ4v) is 2.63. The smallest absolute Gasteiger partial charge is 0.330 e. The van der Waals surface area contributed by atoms with E-state index in [0.717, 1.165) is 29.3 Å². The first kappa shape index (κ1) is 18.1. The number of hydrogen-bond donors (Lipinski definition) is 1. The van der Waals surface area contributed by atoms with Gasteiger partial charge in [0, 0.05) is 24.0 Å². The molecule has 0 bridgehead atoms. The molecule has 0 radical (unpaired) electrons. The van der Waals surface area contributed by atoms with Gasteiger partial charge in [-0.2, -0.15) is 13.2 Å². The molecule has 0 saturated carbocycles. The molecule has 138 valence electrons. The molecule has 1 aliphatic rings. The molecular formula is C17H19F3N6. The van der Waals surface area contributed by atoms with Crippen LogP contribution in [0.25, 0.3) is 11.3 Å². The summed E-state index contributed by atoms with van der Waals surface area (Å²) in [5.74, 6) is 0. The van der Waals surface area contributed by atoms with E-state index in [0.29, 0.717) is 18.8 Å². The largest absolute Gasteiger partial charge is 0.433 e. The van der Waals surface area contributed by atoms with Crippen molar-refractivity contribution in [2.24, 2.45) is 10.7 Å². The van der Waals surface area contributed by atoms with Gasteiger partial charge in [-0.1, -0.05) is 5.21 Å². The third kappa shape index (κ3) is 4.10. The number of allylic oxidation sites excluding steroid dienone is 1. The van der Waals surface area contributed by atoms with Gasteiger partial charge in [0.2, 0.25) is 0 Å².